The molecule has 1 aliphatic rings. The maximum Gasteiger partial charge on any atom is 0.410 e. The summed E-state index contributed by atoms with van der Waals surface area (Å²) in [7, 11) is 0. The molecule has 4 aromatic rings. The minimum Gasteiger partial charge on any atom is -0.444 e. The van der Waals surface area contributed by atoms with E-state index < -0.39 is 5.60 Å². The third kappa shape index (κ3) is 5.10. The fraction of sp³-hybridized carbons (Fsp3) is 0.448. The Morgan fingerprint density at radius 3 is 2.74 bits per heavy atom. The molecule has 9 nitrogen and oxygen atoms in total. The number of hydrogen-bond acceptors (Lipinski definition) is 7. The minimum atomic E-state index is -0.523. The molecular formula is C29H36N6O3. The SMILES string of the molecule is Cc1cnc(NC2CN(C(=O)OC(C)(C)C)CC[C@@H]2C)nc1-c1c[nH]c2cc(-c3c(C)noc3C)ccc12. The summed E-state index contributed by atoms with van der Waals surface area (Å²) in [5, 5.41) is 8.67. The second-order valence-electron chi connectivity index (χ2n) is 11.3. The van der Waals surface area contributed by atoms with Crippen LogP contribution in [-0.2, 0) is 4.74 Å². The first-order chi connectivity index (χ1) is 18.0. The predicted molar refractivity (Wildman–Crippen MR) is 148 cm³/mol. The summed E-state index contributed by atoms with van der Waals surface area (Å²) < 4.78 is 11.0. The Hall–Kier alpha value is -3.88. The second kappa shape index (κ2) is 9.78. The summed E-state index contributed by atoms with van der Waals surface area (Å²) in [5.74, 6) is 1.71. The van der Waals surface area contributed by atoms with Gasteiger partial charge in [-0.3, -0.25) is 0 Å². The molecule has 9 heteroatoms. The Labute approximate surface area is 223 Å². The number of amides is 1. The number of nitrogens with zero attached hydrogens (tertiary/aromatic N) is 4. The average Bonchev–Trinajstić information content (AvgIpc) is 3.42. The van der Waals surface area contributed by atoms with Crippen molar-refractivity contribution in [1.29, 1.82) is 0 Å². The normalized spacial score (nSPS) is 18.1. The number of nitrogens with one attached hydrogen (secondary N) is 2. The van der Waals surface area contributed by atoms with Crippen molar-refractivity contribution in [3.63, 3.8) is 0 Å². The maximum absolute atomic E-state index is 12.7. The summed E-state index contributed by atoms with van der Waals surface area (Å²) in [6.45, 7) is 15.0. The van der Waals surface area contributed by atoms with Crippen molar-refractivity contribution < 1.29 is 14.1 Å². The number of aromatic amines is 1. The highest BCUT2D eigenvalue weighted by Gasteiger charge is 2.32. The summed E-state index contributed by atoms with van der Waals surface area (Å²) in [6, 6.07) is 6.35. The number of aryl methyl sites for hydroxylation is 3. The number of aromatic nitrogens is 4. The lowest BCUT2D eigenvalue weighted by molar-refractivity contribution is 0.0176. The summed E-state index contributed by atoms with van der Waals surface area (Å²) >= 11 is 0. The molecular weight excluding hydrogens is 480 g/mol. The number of fused-ring (bicyclic) bond motifs is 1. The number of rotatable bonds is 4. The highest BCUT2D eigenvalue weighted by Crippen LogP contribution is 2.34. The zero-order valence-corrected chi connectivity index (χ0v) is 23.2. The van der Waals surface area contributed by atoms with Gasteiger partial charge in [-0.15, -0.1) is 0 Å². The van der Waals surface area contributed by atoms with E-state index in [0.717, 1.165) is 56.7 Å². The number of hydrogen-bond donors (Lipinski definition) is 2. The summed E-state index contributed by atoms with van der Waals surface area (Å²) in [6.07, 6.45) is 4.44. The summed E-state index contributed by atoms with van der Waals surface area (Å²) in [4.78, 5) is 27.3. The van der Waals surface area contributed by atoms with E-state index in [0.29, 0.717) is 25.0 Å². The second-order valence-corrected chi connectivity index (χ2v) is 11.3. The molecule has 1 amide bonds. The van der Waals surface area contributed by atoms with E-state index in [1.807, 2.05) is 53.9 Å². The molecule has 38 heavy (non-hydrogen) atoms. The number of ether oxygens (including phenoxy) is 1. The molecule has 0 radical (unpaired) electrons. The number of H-pyrrole nitrogens is 1. The van der Waals surface area contributed by atoms with E-state index in [1.54, 1.807) is 4.90 Å². The van der Waals surface area contributed by atoms with E-state index in [4.69, 9.17) is 14.2 Å². The van der Waals surface area contributed by atoms with Crippen LogP contribution in [-0.4, -0.2) is 55.8 Å². The maximum atomic E-state index is 12.7. The van der Waals surface area contributed by atoms with Crippen LogP contribution in [0.2, 0.25) is 0 Å². The van der Waals surface area contributed by atoms with Gasteiger partial charge in [-0.25, -0.2) is 14.8 Å². The zero-order valence-electron chi connectivity index (χ0n) is 23.2. The van der Waals surface area contributed by atoms with Gasteiger partial charge in [0.05, 0.1) is 11.4 Å². The molecule has 0 spiro atoms. The van der Waals surface area contributed by atoms with E-state index >= 15 is 0 Å². The van der Waals surface area contributed by atoms with Crippen LogP contribution in [0.5, 0.6) is 0 Å². The molecule has 3 aromatic heterocycles. The minimum absolute atomic E-state index is 0.0207. The van der Waals surface area contributed by atoms with Crippen LogP contribution in [0.1, 0.15) is 51.1 Å². The van der Waals surface area contributed by atoms with Gasteiger partial charge < -0.3 is 24.5 Å². The van der Waals surface area contributed by atoms with Gasteiger partial charge >= 0.3 is 6.09 Å². The Morgan fingerprint density at radius 1 is 1.24 bits per heavy atom. The van der Waals surface area contributed by atoms with Crippen molar-refractivity contribution in [3.8, 4) is 22.4 Å². The molecule has 1 saturated heterocycles. The smallest absolute Gasteiger partial charge is 0.410 e. The van der Waals surface area contributed by atoms with E-state index in [2.05, 4.69) is 45.6 Å². The molecule has 0 aliphatic carbocycles. The highest BCUT2D eigenvalue weighted by molar-refractivity contribution is 5.97. The number of benzene rings is 1. The van der Waals surface area contributed by atoms with E-state index in [9.17, 15) is 4.79 Å². The Balaban J connectivity index is 1.40. The Bertz CT molecular complexity index is 1460. The fourth-order valence-corrected chi connectivity index (χ4v) is 5.07. The number of carbonyl (C=O) groups is 1. The van der Waals surface area contributed by atoms with Gasteiger partial charge in [0, 0.05) is 53.6 Å². The molecule has 2 atom stereocenters. The van der Waals surface area contributed by atoms with Crippen LogP contribution in [0, 0.1) is 26.7 Å². The predicted octanol–water partition coefficient (Wildman–Crippen LogP) is 6.26. The van der Waals surface area contributed by atoms with Gasteiger partial charge in [-0.2, -0.15) is 0 Å². The quantitative estimate of drug-likeness (QED) is 0.329. The molecule has 5 rings (SSSR count). The van der Waals surface area contributed by atoms with Crippen LogP contribution in [0.25, 0.3) is 33.3 Å². The van der Waals surface area contributed by atoms with E-state index in [1.165, 1.54) is 0 Å². The number of likely N-dealkylation sites (tertiary alicyclic amines) is 1. The topological polar surface area (TPSA) is 109 Å². The molecule has 0 saturated carbocycles. The molecule has 1 aromatic carbocycles. The van der Waals surface area contributed by atoms with Gasteiger partial charge in [-0.1, -0.05) is 24.2 Å². The fourth-order valence-electron chi connectivity index (χ4n) is 5.07. The first-order valence-electron chi connectivity index (χ1n) is 13.1. The third-order valence-corrected chi connectivity index (χ3v) is 7.16. The molecule has 1 aliphatic heterocycles. The van der Waals surface area contributed by atoms with Crippen LogP contribution in [0.15, 0.2) is 35.1 Å². The van der Waals surface area contributed by atoms with Crippen molar-refractivity contribution in [3.05, 3.63) is 47.6 Å². The zero-order chi connectivity index (χ0) is 27.2. The van der Waals surface area contributed by atoms with Crippen LogP contribution in [0.3, 0.4) is 0 Å². The Kier molecular flexibility index (Phi) is 6.63. The lowest BCUT2D eigenvalue weighted by Crippen LogP contribution is -2.50. The lowest BCUT2D eigenvalue weighted by Gasteiger charge is -2.38. The number of carbonyl (C=O) groups excluding carboxylic acids is 1. The molecule has 2 N–H and O–H groups in total. The van der Waals surface area contributed by atoms with E-state index in [-0.39, 0.29) is 12.1 Å². The monoisotopic (exact) mass is 516 g/mol. The average molecular weight is 517 g/mol. The summed E-state index contributed by atoms with van der Waals surface area (Å²) in [5.41, 5.74) is 6.31. The molecule has 4 heterocycles. The first-order valence-corrected chi connectivity index (χ1v) is 13.1. The van der Waals surface area contributed by atoms with Gasteiger partial charge in [0.2, 0.25) is 5.95 Å². The van der Waals surface area contributed by atoms with Crippen molar-refractivity contribution >= 4 is 22.9 Å². The van der Waals surface area contributed by atoms with Crippen molar-refractivity contribution in [2.45, 2.75) is 66.5 Å². The Morgan fingerprint density at radius 2 is 2.03 bits per heavy atom. The standard InChI is InChI=1S/C29H36N6O3/c1-16-10-11-35(28(36)37-29(5,6)7)15-24(16)32-27-31-13-17(2)26(33-27)22-14-30-23-12-20(8-9-21(22)23)25-18(3)34-38-19(25)4/h8-9,12-14,16,24,30H,10-11,15H2,1-7H3,(H,31,32,33)/t16-,24?/m0/s1. The largest absolute Gasteiger partial charge is 0.444 e. The molecule has 1 fully saturated rings. The van der Waals surface area contributed by atoms with Crippen molar-refractivity contribution in [1.82, 2.24) is 25.0 Å². The lowest BCUT2D eigenvalue weighted by atomic mass is 9.94. The first kappa shape index (κ1) is 25.8. The number of anilines is 1. The molecule has 1 unspecified atom stereocenters. The van der Waals surface area contributed by atoms with Gasteiger partial charge in [0.15, 0.2) is 0 Å². The molecule has 200 valence electrons. The van der Waals surface area contributed by atoms with Crippen molar-refractivity contribution in [2.75, 3.05) is 18.4 Å². The highest BCUT2D eigenvalue weighted by atomic mass is 16.6. The van der Waals surface area contributed by atoms with Crippen molar-refractivity contribution in [2.24, 2.45) is 5.92 Å². The van der Waals surface area contributed by atoms with Crippen LogP contribution in [0.4, 0.5) is 10.7 Å². The van der Waals surface area contributed by atoms with Gasteiger partial charge in [0.1, 0.15) is 11.4 Å². The van der Waals surface area contributed by atoms with Crippen LogP contribution >= 0.6 is 0 Å². The van der Waals surface area contributed by atoms with Gasteiger partial charge in [0.25, 0.3) is 0 Å². The third-order valence-electron chi connectivity index (χ3n) is 7.16. The van der Waals surface area contributed by atoms with Gasteiger partial charge in [-0.05, 0) is 71.1 Å². The number of piperidine rings is 1. The molecule has 0 bridgehead atoms. The van der Waals surface area contributed by atoms with Crippen LogP contribution < -0.4 is 5.32 Å².